The molecule has 22 heavy (non-hydrogen) atoms. The third-order valence-corrected chi connectivity index (χ3v) is 2.93. The summed E-state index contributed by atoms with van der Waals surface area (Å²) in [5.41, 5.74) is 0.729. The largest absolute Gasteiger partial charge is 0.467 e. The quantitative estimate of drug-likeness (QED) is 0.854. The maximum absolute atomic E-state index is 11.8. The van der Waals surface area contributed by atoms with Gasteiger partial charge in [0.15, 0.2) is 6.61 Å². The number of carbonyl (C=O) groups excluding carboxylic acids is 2. The zero-order valence-corrected chi connectivity index (χ0v) is 11.9. The molecule has 1 N–H and O–H groups in total. The standard InChI is InChI=1S/C16H14N2O4/c1-11(14-3-2-8-21-14)18-15(19)10-22-16(20)13-6-4-12(9-17)5-7-13/h2-8,11H,10H2,1H3,(H,18,19)/t11-/m0/s1. The third kappa shape index (κ3) is 3.96. The fourth-order valence-corrected chi connectivity index (χ4v) is 1.79. The molecule has 0 bridgehead atoms. The first-order chi connectivity index (χ1) is 10.6. The van der Waals surface area contributed by atoms with Crippen LogP contribution in [0.25, 0.3) is 0 Å². The van der Waals surface area contributed by atoms with Gasteiger partial charge in [0.1, 0.15) is 5.76 Å². The number of nitrogens with one attached hydrogen (secondary N) is 1. The summed E-state index contributed by atoms with van der Waals surface area (Å²) in [5, 5.41) is 11.3. The van der Waals surface area contributed by atoms with E-state index in [4.69, 9.17) is 14.4 Å². The highest BCUT2D eigenvalue weighted by Gasteiger charge is 2.14. The Bertz CT molecular complexity index is 684. The molecule has 112 valence electrons. The van der Waals surface area contributed by atoms with Crippen LogP contribution in [0.1, 0.15) is 34.6 Å². The molecule has 2 rings (SSSR count). The van der Waals surface area contributed by atoms with Gasteiger partial charge >= 0.3 is 5.97 Å². The molecule has 0 unspecified atom stereocenters. The number of ether oxygens (including phenoxy) is 1. The molecule has 2 aromatic rings. The van der Waals surface area contributed by atoms with Gasteiger partial charge in [0.25, 0.3) is 5.91 Å². The first-order valence-corrected chi connectivity index (χ1v) is 6.60. The molecule has 1 amide bonds. The van der Waals surface area contributed by atoms with Gasteiger partial charge in [-0.25, -0.2) is 4.79 Å². The van der Waals surface area contributed by atoms with Gasteiger partial charge in [-0.15, -0.1) is 0 Å². The van der Waals surface area contributed by atoms with Crippen molar-refractivity contribution >= 4 is 11.9 Å². The van der Waals surface area contributed by atoms with Crippen molar-refractivity contribution in [3.05, 3.63) is 59.5 Å². The van der Waals surface area contributed by atoms with Gasteiger partial charge in [-0.3, -0.25) is 4.79 Å². The number of furan rings is 1. The molecule has 6 heteroatoms. The summed E-state index contributed by atoms with van der Waals surface area (Å²) >= 11 is 0. The second-order valence-electron chi connectivity index (χ2n) is 4.57. The SMILES string of the molecule is C[C@H](NC(=O)COC(=O)c1ccc(C#N)cc1)c1ccco1. The second-order valence-corrected chi connectivity index (χ2v) is 4.57. The lowest BCUT2D eigenvalue weighted by Gasteiger charge is -2.11. The number of nitriles is 1. The summed E-state index contributed by atoms with van der Waals surface area (Å²) in [6, 6.07) is 11.1. The number of amides is 1. The summed E-state index contributed by atoms with van der Waals surface area (Å²) in [4.78, 5) is 23.5. The molecular formula is C16H14N2O4. The maximum Gasteiger partial charge on any atom is 0.338 e. The Kier molecular flexibility index (Phi) is 4.94. The fourth-order valence-electron chi connectivity index (χ4n) is 1.79. The van der Waals surface area contributed by atoms with E-state index in [0.717, 1.165) is 0 Å². The first-order valence-electron chi connectivity index (χ1n) is 6.60. The number of rotatable bonds is 5. The van der Waals surface area contributed by atoms with Gasteiger partial charge in [-0.05, 0) is 43.3 Å². The zero-order chi connectivity index (χ0) is 15.9. The maximum atomic E-state index is 11.8. The number of nitrogens with zero attached hydrogens (tertiary/aromatic N) is 1. The van der Waals surface area contributed by atoms with Crippen LogP contribution in [0.15, 0.2) is 47.1 Å². The number of benzene rings is 1. The molecule has 6 nitrogen and oxygen atoms in total. The summed E-state index contributed by atoms with van der Waals surface area (Å²) in [7, 11) is 0. The van der Waals surface area contributed by atoms with Gasteiger partial charge < -0.3 is 14.5 Å². The van der Waals surface area contributed by atoms with E-state index in [9.17, 15) is 9.59 Å². The minimum Gasteiger partial charge on any atom is -0.467 e. The van der Waals surface area contributed by atoms with Crippen LogP contribution in [-0.4, -0.2) is 18.5 Å². The van der Waals surface area contributed by atoms with Crippen LogP contribution in [0.5, 0.6) is 0 Å². The Morgan fingerprint density at radius 3 is 2.64 bits per heavy atom. The lowest BCUT2D eigenvalue weighted by Crippen LogP contribution is -2.30. The van der Waals surface area contributed by atoms with Crippen LogP contribution in [0.2, 0.25) is 0 Å². The minimum absolute atomic E-state index is 0.283. The summed E-state index contributed by atoms with van der Waals surface area (Å²) in [5.74, 6) is -0.428. The normalized spacial score (nSPS) is 11.3. The van der Waals surface area contributed by atoms with E-state index in [1.54, 1.807) is 19.1 Å². The van der Waals surface area contributed by atoms with Crippen LogP contribution >= 0.6 is 0 Å². The highest BCUT2D eigenvalue weighted by Crippen LogP contribution is 2.12. The van der Waals surface area contributed by atoms with Crippen LogP contribution in [0, 0.1) is 11.3 Å². The predicted molar refractivity (Wildman–Crippen MR) is 76.7 cm³/mol. The van der Waals surface area contributed by atoms with Crippen LogP contribution in [0.3, 0.4) is 0 Å². The van der Waals surface area contributed by atoms with Crippen molar-refractivity contribution < 1.29 is 18.7 Å². The topological polar surface area (TPSA) is 92.3 Å². The number of hydrogen-bond donors (Lipinski definition) is 1. The first kappa shape index (κ1) is 15.3. The van der Waals surface area contributed by atoms with E-state index in [1.807, 2.05) is 6.07 Å². The molecule has 1 atom stereocenters. The third-order valence-electron chi connectivity index (χ3n) is 2.93. The number of carbonyl (C=O) groups is 2. The zero-order valence-electron chi connectivity index (χ0n) is 11.9. The molecule has 0 radical (unpaired) electrons. The Morgan fingerprint density at radius 2 is 2.05 bits per heavy atom. The molecule has 0 aliphatic rings. The Hall–Kier alpha value is -3.07. The number of esters is 1. The highest BCUT2D eigenvalue weighted by molar-refractivity contribution is 5.91. The second kappa shape index (κ2) is 7.09. The number of hydrogen-bond acceptors (Lipinski definition) is 5. The minimum atomic E-state index is -0.620. The Labute approximate surface area is 127 Å². The van der Waals surface area contributed by atoms with Crippen molar-refractivity contribution in [3.63, 3.8) is 0 Å². The molecule has 0 spiro atoms. The van der Waals surface area contributed by atoms with Crippen molar-refractivity contribution in [1.82, 2.24) is 5.32 Å². The molecule has 0 saturated heterocycles. The predicted octanol–water partition coefficient (Wildman–Crippen LogP) is 2.19. The summed E-state index contributed by atoms with van der Waals surface area (Å²) in [6.45, 7) is 1.38. The van der Waals surface area contributed by atoms with Crippen molar-refractivity contribution in [1.29, 1.82) is 5.26 Å². The lowest BCUT2D eigenvalue weighted by molar-refractivity contribution is -0.125. The van der Waals surface area contributed by atoms with E-state index in [1.165, 1.54) is 30.5 Å². The lowest BCUT2D eigenvalue weighted by atomic mass is 10.1. The van der Waals surface area contributed by atoms with Gasteiger partial charge in [-0.1, -0.05) is 0 Å². The van der Waals surface area contributed by atoms with Crippen molar-refractivity contribution in [2.45, 2.75) is 13.0 Å². The van der Waals surface area contributed by atoms with E-state index in [0.29, 0.717) is 11.3 Å². The average Bonchev–Trinajstić information content (AvgIpc) is 3.07. The summed E-state index contributed by atoms with van der Waals surface area (Å²) < 4.78 is 10.1. The van der Waals surface area contributed by atoms with Crippen LogP contribution < -0.4 is 5.32 Å². The fraction of sp³-hybridized carbons (Fsp3) is 0.188. The van der Waals surface area contributed by atoms with Crippen LogP contribution in [-0.2, 0) is 9.53 Å². The molecule has 1 aromatic heterocycles. The van der Waals surface area contributed by atoms with Gasteiger partial charge in [0.05, 0.1) is 29.5 Å². The van der Waals surface area contributed by atoms with Gasteiger partial charge in [0, 0.05) is 0 Å². The Morgan fingerprint density at radius 1 is 1.32 bits per heavy atom. The van der Waals surface area contributed by atoms with Crippen LogP contribution in [0.4, 0.5) is 0 Å². The van der Waals surface area contributed by atoms with Gasteiger partial charge in [0.2, 0.25) is 0 Å². The average molecular weight is 298 g/mol. The monoisotopic (exact) mass is 298 g/mol. The molecule has 1 aromatic carbocycles. The Balaban J connectivity index is 1.82. The molecule has 0 aliphatic carbocycles. The molecule has 0 saturated carbocycles. The molecule has 0 aliphatic heterocycles. The molecular weight excluding hydrogens is 284 g/mol. The van der Waals surface area contributed by atoms with Crippen molar-refractivity contribution in [3.8, 4) is 6.07 Å². The summed E-state index contributed by atoms with van der Waals surface area (Å²) in [6.07, 6.45) is 1.52. The molecule has 1 heterocycles. The highest BCUT2D eigenvalue weighted by atomic mass is 16.5. The van der Waals surface area contributed by atoms with E-state index in [-0.39, 0.29) is 18.2 Å². The van der Waals surface area contributed by atoms with E-state index in [2.05, 4.69) is 5.32 Å². The van der Waals surface area contributed by atoms with Crippen molar-refractivity contribution in [2.24, 2.45) is 0 Å². The molecule has 0 fully saturated rings. The van der Waals surface area contributed by atoms with E-state index >= 15 is 0 Å². The smallest absolute Gasteiger partial charge is 0.338 e. The van der Waals surface area contributed by atoms with Gasteiger partial charge in [-0.2, -0.15) is 5.26 Å². The van der Waals surface area contributed by atoms with E-state index < -0.39 is 11.9 Å². The van der Waals surface area contributed by atoms with Crippen molar-refractivity contribution in [2.75, 3.05) is 6.61 Å².